The van der Waals surface area contributed by atoms with Crippen molar-refractivity contribution in [2.45, 2.75) is 18.9 Å². The lowest BCUT2D eigenvalue weighted by Crippen LogP contribution is -2.44. The molecule has 1 aromatic carbocycles. The number of hydrogen-bond donors (Lipinski definition) is 1. The summed E-state index contributed by atoms with van der Waals surface area (Å²) < 4.78 is 26.0. The van der Waals surface area contributed by atoms with Crippen LogP contribution in [0.15, 0.2) is 53.2 Å². The smallest absolute Gasteiger partial charge is 0.208 e. The SMILES string of the molecule is CS(=O)(=O)NC1CCN(c2nc(-c3cccs3)nc3scc(-c4ccccc4)c23)CC1. The summed E-state index contributed by atoms with van der Waals surface area (Å²) in [7, 11) is -3.20. The van der Waals surface area contributed by atoms with E-state index in [0.717, 1.165) is 63.8 Å². The van der Waals surface area contributed by atoms with Crippen LogP contribution in [0.25, 0.3) is 32.0 Å². The Bertz CT molecular complexity index is 1290. The number of fused-ring (bicyclic) bond motifs is 1. The Morgan fingerprint density at radius 2 is 1.81 bits per heavy atom. The molecule has 160 valence electrons. The lowest BCUT2D eigenvalue weighted by Gasteiger charge is -2.33. The number of piperidine rings is 1. The van der Waals surface area contributed by atoms with Gasteiger partial charge in [-0.2, -0.15) is 0 Å². The zero-order valence-corrected chi connectivity index (χ0v) is 19.4. The predicted molar refractivity (Wildman–Crippen MR) is 129 cm³/mol. The summed E-state index contributed by atoms with van der Waals surface area (Å²) in [4.78, 5) is 14.2. The van der Waals surface area contributed by atoms with Gasteiger partial charge >= 0.3 is 0 Å². The molecule has 5 rings (SSSR count). The van der Waals surface area contributed by atoms with Crippen molar-refractivity contribution in [2.24, 2.45) is 0 Å². The Morgan fingerprint density at radius 3 is 2.48 bits per heavy atom. The molecule has 1 saturated heterocycles. The summed E-state index contributed by atoms with van der Waals surface area (Å²) in [6.45, 7) is 1.49. The molecule has 1 N–H and O–H groups in total. The van der Waals surface area contributed by atoms with Gasteiger partial charge in [0.05, 0.1) is 16.5 Å². The second kappa shape index (κ2) is 8.31. The number of rotatable bonds is 5. The van der Waals surface area contributed by atoms with E-state index in [0.29, 0.717) is 0 Å². The van der Waals surface area contributed by atoms with Crippen LogP contribution in [0.3, 0.4) is 0 Å². The molecule has 0 aliphatic carbocycles. The number of aromatic nitrogens is 2. The standard InChI is InChI=1S/C22H22N4O2S3/c1-31(27,28)25-16-9-11-26(12-10-16)21-19-17(15-6-3-2-4-7-15)14-30-22(19)24-20(23-21)18-8-5-13-29-18/h2-8,13-14,16,25H,9-12H2,1H3. The zero-order chi connectivity index (χ0) is 21.4. The van der Waals surface area contributed by atoms with E-state index in [1.807, 2.05) is 35.7 Å². The van der Waals surface area contributed by atoms with Gasteiger partial charge in [0.2, 0.25) is 10.0 Å². The highest BCUT2D eigenvalue weighted by atomic mass is 32.2. The maximum absolute atomic E-state index is 11.6. The summed E-state index contributed by atoms with van der Waals surface area (Å²) >= 11 is 3.28. The van der Waals surface area contributed by atoms with Crippen LogP contribution in [-0.2, 0) is 10.0 Å². The molecule has 0 radical (unpaired) electrons. The first-order valence-corrected chi connectivity index (χ1v) is 13.7. The molecule has 9 heteroatoms. The Kier molecular flexibility index (Phi) is 5.51. The summed E-state index contributed by atoms with van der Waals surface area (Å²) in [6, 6.07) is 14.4. The van der Waals surface area contributed by atoms with Gasteiger partial charge in [-0.1, -0.05) is 36.4 Å². The van der Waals surface area contributed by atoms with Crippen molar-refractivity contribution in [1.29, 1.82) is 0 Å². The lowest BCUT2D eigenvalue weighted by atomic mass is 10.0. The van der Waals surface area contributed by atoms with E-state index in [1.54, 1.807) is 22.7 Å². The monoisotopic (exact) mass is 470 g/mol. The Labute approximate surface area is 189 Å². The molecule has 0 unspecified atom stereocenters. The van der Waals surface area contributed by atoms with Gasteiger partial charge in [0.25, 0.3) is 0 Å². The first-order chi connectivity index (χ1) is 15.0. The van der Waals surface area contributed by atoms with Crippen molar-refractivity contribution < 1.29 is 8.42 Å². The molecule has 3 aromatic heterocycles. The van der Waals surface area contributed by atoms with E-state index < -0.39 is 10.0 Å². The number of hydrogen-bond acceptors (Lipinski definition) is 7. The largest absolute Gasteiger partial charge is 0.356 e. The molecule has 0 amide bonds. The fraction of sp³-hybridized carbons (Fsp3) is 0.273. The van der Waals surface area contributed by atoms with E-state index in [1.165, 1.54) is 6.26 Å². The highest BCUT2D eigenvalue weighted by Crippen LogP contribution is 2.40. The lowest BCUT2D eigenvalue weighted by molar-refractivity contribution is 0.460. The minimum atomic E-state index is -3.20. The zero-order valence-electron chi connectivity index (χ0n) is 17.0. The van der Waals surface area contributed by atoms with E-state index in [4.69, 9.17) is 9.97 Å². The number of nitrogens with one attached hydrogen (secondary N) is 1. The maximum atomic E-state index is 11.6. The van der Waals surface area contributed by atoms with Crippen LogP contribution in [0.1, 0.15) is 12.8 Å². The molecule has 4 heterocycles. The molecule has 1 aliphatic heterocycles. The third-order valence-electron chi connectivity index (χ3n) is 5.42. The number of nitrogens with zero attached hydrogens (tertiary/aromatic N) is 3. The van der Waals surface area contributed by atoms with Crippen molar-refractivity contribution in [3.05, 3.63) is 53.2 Å². The molecule has 31 heavy (non-hydrogen) atoms. The highest BCUT2D eigenvalue weighted by molar-refractivity contribution is 7.88. The van der Waals surface area contributed by atoms with Gasteiger partial charge in [-0.25, -0.2) is 23.1 Å². The van der Waals surface area contributed by atoms with Gasteiger partial charge in [0.15, 0.2) is 5.82 Å². The summed E-state index contributed by atoms with van der Waals surface area (Å²) in [5, 5.41) is 5.27. The molecular formula is C22H22N4O2S3. The predicted octanol–water partition coefficient (Wildman–Crippen LogP) is 4.60. The molecule has 1 fully saturated rings. The van der Waals surface area contributed by atoms with Crippen LogP contribution in [-0.4, -0.2) is 43.8 Å². The topological polar surface area (TPSA) is 75.2 Å². The average molecular weight is 471 g/mol. The fourth-order valence-electron chi connectivity index (χ4n) is 4.01. The van der Waals surface area contributed by atoms with Gasteiger partial charge in [-0.3, -0.25) is 0 Å². The second-order valence-electron chi connectivity index (χ2n) is 7.70. The van der Waals surface area contributed by atoms with Crippen molar-refractivity contribution >= 4 is 48.7 Å². The highest BCUT2D eigenvalue weighted by Gasteiger charge is 2.26. The first-order valence-electron chi connectivity index (χ1n) is 10.1. The Balaban J connectivity index is 1.57. The number of thiophene rings is 2. The molecule has 0 atom stereocenters. The van der Waals surface area contributed by atoms with Gasteiger partial charge in [-0.05, 0) is 29.9 Å². The Hall–Kier alpha value is -2.33. The fourth-order valence-corrected chi connectivity index (χ4v) is 6.45. The summed E-state index contributed by atoms with van der Waals surface area (Å²) in [5.74, 6) is 1.68. The van der Waals surface area contributed by atoms with Gasteiger partial charge in [0.1, 0.15) is 10.6 Å². The number of anilines is 1. The van der Waals surface area contributed by atoms with Crippen LogP contribution in [0.4, 0.5) is 5.82 Å². The van der Waals surface area contributed by atoms with E-state index >= 15 is 0 Å². The minimum Gasteiger partial charge on any atom is -0.356 e. The van der Waals surface area contributed by atoms with Crippen LogP contribution in [0.2, 0.25) is 0 Å². The molecular weight excluding hydrogens is 448 g/mol. The van der Waals surface area contributed by atoms with Crippen molar-refractivity contribution in [2.75, 3.05) is 24.2 Å². The van der Waals surface area contributed by atoms with E-state index in [2.05, 4.69) is 27.1 Å². The van der Waals surface area contributed by atoms with Crippen LogP contribution >= 0.6 is 22.7 Å². The second-order valence-corrected chi connectivity index (χ2v) is 11.3. The number of benzene rings is 1. The van der Waals surface area contributed by atoms with E-state index in [-0.39, 0.29) is 6.04 Å². The van der Waals surface area contributed by atoms with Crippen LogP contribution < -0.4 is 9.62 Å². The molecule has 6 nitrogen and oxygen atoms in total. The van der Waals surface area contributed by atoms with Gasteiger partial charge < -0.3 is 4.90 Å². The molecule has 0 bridgehead atoms. The molecule has 1 aliphatic rings. The normalized spacial score (nSPS) is 15.6. The minimum absolute atomic E-state index is 0.0311. The first kappa shape index (κ1) is 20.6. The maximum Gasteiger partial charge on any atom is 0.208 e. The summed E-state index contributed by atoms with van der Waals surface area (Å²) in [6.07, 6.45) is 2.72. The quantitative estimate of drug-likeness (QED) is 0.461. The van der Waals surface area contributed by atoms with Crippen molar-refractivity contribution in [3.63, 3.8) is 0 Å². The van der Waals surface area contributed by atoms with Gasteiger partial charge in [-0.15, -0.1) is 22.7 Å². The summed E-state index contributed by atoms with van der Waals surface area (Å²) in [5.41, 5.74) is 2.29. The number of sulfonamides is 1. The average Bonchev–Trinajstić information content (AvgIpc) is 3.43. The van der Waals surface area contributed by atoms with Crippen LogP contribution in [0.5, 0.6) is 0 Å². The van der Waals surface area contributed by atoms with Crippen LogP contribution in [0, 0.1) is 0 Å². The van der Waals surface area contributed by atoms with Gasteiger partial charge in [0, 0.05) is 30.1 Å². The van der Waals surface area contributed by atoms with Crippen molar-refractivity contribution in [3.8, 4) is 21.8 Å². The molecule has 0 saturated carbocycles. The third kappa shape index (κ3) is 4.36. The van der Waals surface area contributed by atoms with Crippen molar-refractivity contribution in [1.82, 2.24) is 14.7 Å². The third-order valence-corrected chi connectivity index (χ3v) is 7.92. The Morgan fingerprint density at radius 1 is 1.03 bits per heavy atom. The van der Waals surface area contributed by atoms with E-state index in [9.17, 15) is 8.42 Å². The molecule has 0 spiro atoms. The molecule has 4 aromatic rings.